The first kappa shape index (κ1) is 46.1. The summed E-state index contributed by atoms with van der Waals surface area (Å²) in [4.78, 5) is 90.5. The van der Waals surface area contributed by atoms with Gasteiger partial charge in [-0.25, -0.2) is 4.79 Å². The molecule has 1 N–H and O–H groups in total. The van der Waals surface area contributed by atoms with Gasteiger partial charge in [0.2, 0.25) is 23.6 Å². The molecule has 4 atom stereocenters. The second kappa shape index (κ2) is 18.7. The highest BCUT2D eigenvalue weighted by Crippen LogP contribution is 2.52. The van der Waals surface area contributed by atoms with E-state index in [9.17, 15) is 29.1 Å². The van der Waals surface area contributed by atoms with Crippen molar-refractivity contribution in [2.24, 2.45) is 11.3 Å². The molecule has 5 rings (SSSR count). The molecule has 1 saturated heterocycles. The molecule has 2 unspecified atom stereocenters. The molecule has 2 fully saturated rings. The van der Waals surface area contributed by atoms with E-state index in [2.05, 4.69) is 12.1 Å². The van der Waals surface area contributed by atoms with Crippen molar-refractivity contribution < 1.29 is 43.3 Å². The van der Waals surface area contributed by atoms with Crippen molar-refractivity contribution in [1.29, 1.82) is 0 Å². The highest BCUT2D eigenvalue weighted by atomic mass is 16.6. The molecule has 60 heavy (non-hydrogen) atoms. The first-order valence-electron chi connectivity index (χ1n) is 21.3. The van der Waals surface area contributed by atoms with E-state index < -0.39 is 71.9 Å². The van der Waals surface area contributed by atoms with Crippen molar-refractivity contribution >= 4 is 35.7 Å². The van der Waals surface area contributed by atoms with Crippen molar-refractivity contribution in [2.75, 3.05) is 55.0 Å². The molecule has 1 aliphatic heterocycles. The number of likely N-dealkylation sites (N-methyl/N-ethyl adjacent to an activating group) is 4. The lowest BCUT2D eigenvalue weighted by molar-refractivity contribution is -0.174. The summed E-state index contributed by atoms with van der Waals surface area (Å²) in [5.41, 5.74) is 2.66. The number of amides is 5. The van der Waals surface area contributed by atoms with Gasteiger partial charge in [0.05, 0.1) is 19.1 Å². The Morgan fingerprint density at radius 3 is 1.90 bits per heavy atom. The van der Waals surface area contributed by atoms with Crippen LogP contribution in [0.4, 0.5) is 4.79 Å². The number of hydrogen-bond acceptors (Lipinski definition) is 8. The smallest absolute Gasteiger partial charge is 0.410 e. The molecule has 14 heteroatoms. The van der Waals surface area contributed by atoms with Crippen LogP contribution in [0.3, 0.4) is 0 Å². The Kier molecular flexibility index (Phi) is 14.4. The Morgan fingerprint density at radius 1 is 0.833 bits per heavy atom. The summed E-state index contributed by atoms with van der Waals surface area (Å²) in [6, 6.07) is 12.8. The van der Waals surface area contributed by atoms with Gasteiger partial charge in [0, 0.05) is 54.2 Å². The van der Waals surface area contributed by atoms with Crippen LogP contribution in [-0.4, -0.2) is 150 Å². The number of carbonyl (C=O) groups is 6. The van der Waals surface area contributed by atoms with Gasteiger partial charge in [0.15, 0.2) is 0 Å². The maximum atomic E-state index is 15.1. The monoisotopic (exact) mass is 831 g/mol. The van der Waals surface area contributed by atoms with E-state index in [0.717, 1.165) is 33.6 Å². The largest absolute Gasteiger partial charge is 0.481 e. The lowest BCUT2D eigenvalue weighted by atomic mass is 9.57. The summed E-state index contributed by atoms with van der Waals surface area (Å²) in [7, 11) is 7.54. The van der Waals surface area contributed by atoms with Gasteiger partial charge in [0.1, 0.15) is 30.3 Å². The van der Waals surface area contributed by atoms with Crippen LogP contribution in [0.15, 0.2) is 48.5 Å². The molecule has 0 spiro atoms. The number of ether oxygens (including phenoxy) is 2. The summed E-state index contributed by atoms with van der Waals surface area (Å²) in [5.74, 6) is -3.72. The predicted molar refractivity (Wildman–Crippen MR) is 227 cm³/mol. The molecule has 1 heterocycles. The van der Waals surface area contributed by atoms with Crippen LogP contribution in [0.1, 0.15) is 96.6 Å². The number of aliphatic carboxylic acids is 1. The number of likely N-dealkylation sites (tertiary alicyclic amines) is 1. The molecule has 5 amide bonds. The van der Waals surface area contributed by atoms with Gasteiger partial charge in [-0.15, -0.1) is 0 Å². The number of rotatable bonds is 17. The van der Waals surface area contributed by atoms with E-state index in [-0.39, 0.29) is 36.8 Å². The second-order valence-electron chi connectivity index (χ2n) is 17.9. The highest BCUT2D eigenvalue weighted by molar-refractivity contribution is 5.98. The average molecular weight is 832 g/mol. The fraction of sp³-hybridized carbons (Fsp3) is 0.609. The maximum absolute atomic E-state index is 15.1. The molecule has 3 aliphatic rings. The van der Waals surface area contributed by atoms with Crippen molar-refractivity contribution in [2.45, 2.75) is 115 Å². The van der Waals surface area contributed by atoms with Crippen molar-refractivity contribution in [1.82, 2.24) is 24.5 Å². The predicted octanol–water partition coefficient (Wildman–Crippen LogP) is 5.48. The third kappa shape index (κ3) is 9.03. The molecular formula is C46H65N5O9. The molecule has 14 nitrogen and oxygen atoms in total. The zero-order chi connectivity index (χ0) is 44.3. The SMILES string of the molecule is CCCO[C@@H]1C[C@@H](C(=O)N(C)C2(C(=O)N(C)C(C(=O)N(C)C(CC(=O)O)C(=O)N(C)C)C(CC)CC)CC(C)(C)C2)N(C(=O)OCC2c3ccccc3-c3ccccc32)C1. The van der Waals surface area contributed by atoms with Gasteiger partial charge >= 0.3 is 12.1 Å². The zero-order valence-electron chi connectivity index (χ0n) is 37.1. The first-order valence-corrected chi connectivity index (χ1v) is 21.3. The molecule has 1 saturated carbocycles. The summed E-state index contributed by atoms with van der Waals surface area (Å²) in [5, 5.41) is 9.69. The van der Waals surface area contributed by atoms with Gasteiger partial charge in [-0.05, 0) is 52.8 Å². The molecule has 0 bridgehead atoms. The van der Waals surface area contributed by atoms with E-state index in [1.807, 2.05) is 71.0 Å². The summed E-state index contributed by atoms with van der Waals surface area (Å²) < 4.78 is 12.2. The summed E-state index contributed by atoms with van der Waals surface area (Å²) >= 11 is 0. The first-order chi connectivity index (χ1) is 28.3. The normalized spacial score (nSPS) is 19.7. The van der Waals surface area contributed by atoms with E-state index in [4.69, 9.17) is 9.47 Å². The number of nitrogens with zero attached hydrogens (tertiary/aromatic N) is 5. The van der Waals surface area contributed by atoms with E-state index in [1.165, 1.54) is 40.7 Å². The van der Waals surface area contributed by atoms with Crippen LogP contribution >= 0.6 is 0 Å². The molecule has 2 aromatic carbocycles. The Bertz CT molecular complexity index is 1870. The maximum Gasteiger partial charge on any atom is 0.410 e. The third-order valence-electron chi connectivity index (χ3n) is 13.0. The van der Waals surface area contributed by atoms with Gasteiger partial charge in [-0.1, -0.05) is 96.0 Å². The summed E-state index contributed by atoms with van der Waals surface area (Å²) in [6.45, 7) is 10.5. The number of benzene rings is 2. The molecule has 328 valence electrons. The standard InChI is InChI=1S/C46H65N5O9/c1-11-22-59-30-23-37(51(25-30)44(58)60-26-35-33-20-16-14-18-31(33)32-19-15-17-21-34(32)35)41(55)50(10)46(27-45(4,5)28-46)43(57)49(9)39(29(12-2)13-3)42(56)48(8)36(24-38(52)53)40(54)47(6)7/h14-21,29-30,35-37,39H,11-13,22-28H2,1-10H3,(H,52,53)/t30-,36?,37+,39?/m1/s1. The molecule has 2 aliphatic carbocycles. The lowest BCUT2D eigenvalue weighted by Crippen LogP contribution is -2.71. The van der Waals surface area contributed by atoms with Crippen LogP contribution in [0.25, 0.3) is 11.1 Å². The minimum absolute atomic E-state index is 0.0787. The zero-order valence-corrected chi connectivity index (χ0v) is 37.1. The van der Waals surface area contributed by atoms with Crippen molar-refractivity contribution in [3.8, 4) is 11.1 Å². The third-order valence-corrected chi connectivity index (χ3v) is 13.0. The van der Waals surface area contributed by atoms with Gasteiger partial charge < -0.3 is 34.2 Å². The topological polar surface area (TPSA) is 157 Å². The number of hydrogen-bond donors (Lipinski definition) is 1. The van der Waals surface area contributed by atoms with E-state index in [0.29, 0.717) is 32.3 Å². The number of carbonyl (C=O) groups excluding carboxylic acids is 5. The Balaban J connectivity index is 1.42. The fourth-order valence-electron chi connectivity index (χ4n) is 9.90. The van der Waals surface area contributed by atoms with Crippen LogP contribution in [0.2, 0.25) is 0 Å². The van der Waals surface area contributed by atoms with E-state index in [1.54, 1.807) is 14.1 Å². The molecular weight excluding hydrogens is 767 g/mol. The van der Waals surface area contributed by atoms with Crippen LogP contribution in [0, 0.1) is 11.3 Å². The minimum atomic E-state index is -1.35. The fourth-order valence-corrected chi connectivity index (χ4v) is 9.90. The van der Waals surface area contributed by atoms with Gasteiger partial charge in [-0.2, -0.15) is 0 Å². The quantitative estimate of drug-likeness (QED) is 0.218. The van der Waals surface area contributed by atoms with Crippen LogP contribution in [-0.2, 0) is 33.4 Å². The molecule has 0 radical (unpaired) electrons. The lowest BCUT2D eigenvalue weighted by Gasteiger charge is -2.58. The minimum Gasteiger partial charge on any atom is -0.481 e. The number of fused-ring (bicyclic) bond motifs is 3. The second-order valence-corrected chi connectivity index (χ2v) is 17.9. The molecule has 0 aromatic heterocycles. The van der Waals surface area contributed by atoms with Crippen molar-refractivity contribution in [3.63, 3.8) is 0 Å². The molecule has 2 aromatic rings. The number of carboxylic acids is 1. The Morgan fingerprint density at radius 2 is 1.40 bits per heavy atom. The highest BCUT2D eigenvalue weighted by Gasteiger charge is 2.61. The summed E-state index contributed by atoms with van der Waals surface area (Å²) in [6.07, 6.45) is 0.969. The van der Waals surface area contributed by atoms with Crippen LogP contribution in [0.5, 0.6) is 0 Å². The number of carboxylic acid groups (broad SMARTS) is 1. The van der Waals surface area contributed by atoms with Gasteiger partial charge in [0.25, 0.3) is 0 Å². The van der Waals surface area contributed by atoms with E-state index >= 15 is 4.79 Å². The van der Waals surface area contributed by atoms with Crippen molar-refractivity contribution in [3.05, 3.63) is 59.7 Å². The van der Waals surface area contributed by atoms with Crippen LogP contribution < -0.4 is 0 Å². The van der Waals surface area contributed by atoms with Gasteiger partial charge in [-0.3, -0.25) is 28.9 Å². The Hall–Kier alpha value is -4.98. The Labute approximate surface area is 355 Å². The average Bonchev–Trinajstić information content (AvgIpc) is 3.79.